The van der Waals surface area contributed by atoms with Gasteiger partial charge in [0.25, 0.3) is 0 Å². The molecule has 2 aliphatic heterocycles. The van der Waals surface area contributed by atoms with E-state index in [1.54, 1.807) is 6.20 Å². The van der Waals surface area contributed by atoms with E-state index in [0.29, 0.717) is 23.0 Å². The van der Waals surface area contributed by atoms with Crippen LogP contribution >= 0.6 is 11.6 Å². The third kappa shape index (κ3) is 3.55. The van der Waals surface area contributed by atoms with Crippen LogP contribution in [0.15, 0.2) is 18.3 Å². The topological polar surface area (TPSA) is 113 Å². The Kier molecular flexibility index (Phi) is 6.15. The Labute approximate surface area is 193 Å². The number of halogens is 1. The lowest BCUT2D eigenvalue weighted by Gasteiger charge is -2.42. The maximum atomic E-state index is 10.1. The second-order valence-electron chi connectivity index (χ2n) is 8.74. The largest absolute Gasteiger partial charge is 0.390 e. The molecule has 3 aromatic rings. The Morgan fingerprint density at radius 2 is 2.06 bits per heavy atom. The van der Waals surface area contributed by atoms with Gasteiger partial charge in [-0.05, 0) is 26.7 Å². The van der Waals surface area contributed by atoms with Crippen LogP contribution in [0.25, 0.3) is 22.2 Å². The van der Waals surface area contributed by atoms with E-state index < -0.39 is 0 Å². The van der Waals surface area contributed by atoms with Gasteiger partial charge in [0, 0.05) is 35.5 Å². The van der Waals surface area contributed by atoms with Crippen LogP contribution < -0.4 is 10.6 Å². The molecule has 2 aliphatic rings. The molecule has 0 bridgehead atoms. The summed E-state index contributed by atoms with van der Waals surface area (Å²) in [6.07, 6.45) is 3.71. The number of rotatable bonds is 3. The molecule has 1 aromatic carbocycles. The normalized spacial score (nSPS) is 22.5. The number of hydrogen-bond donors (Lipinski definition) is 3. The second kappa shape index (κ2) is 8.59. The summed E-state index contributed by atoms with van der Waals surface area (Å²) < 4.78 is 5.83. The molecule has 0 unspecified atom stereocenters. The number of ether oxygens (including phenoxy) is 1. The van der Waals surface area contributed by atoms with Gasteiger partial charge in [0.15, 0.2) is 5.82 Å². The highest BCUT2D eigenvalue weighted by molar-refractivity contribution is 6.37. The Hall–Kier alpha value is -2.26. The van der Waals surface area contributed by atoms with Gasteiger partial charge in [0.1, 0.15) is 5.69 Å². The van der Waals surface area contributed by atoms with Crippen LogP contribution in [0.3, 0.4) is 0 Å². The molecule has 32 heavy (non-hydrogen) atoms. The molecule has 8 nitrogen and oxygen atoms in total. The van der Waals surface area contributed by atoms with Gasteiger partial charge in [-0.3, -0.25) is 5.10 Å². The summed E-state index contributed by atoms with van der Waals surface area (Å²) in [4.78, 5) is 11.8. The van der Waals surface area contributed by atoms with Gasteiger partial charge in [-0.1, -0.05) is 31.2 Å². The summed E-state index contributed by atoms with van der Waals surface area (Å²) in [5, 5.41) is 18.6. The smallest absolute Gasteiger partial charge is 0.153 e. The summed E-state index contributed by atoms with van der Waals surface area (Å²) in [5.74, 6) is 0.734. The van der Waals surface area contributed by atoms with Crippen molar-refractivity contribution in [3.63, 3.8) is 0 Å². The number of aryl methyl sites for hydroxylation is 1. The van der Waals surface area contributed by atoms with Crippen LogP contribution in [0.5, 0.6) is 0 Å². The van der Waals surface area contributed by atoms with Crippen LogP contribution in [0.2, 0.25) is 5.02 Å². The molecule has 0 saturated carbocycles. The molecule has 2 aromatic heterocycles. The molecule has 5 rings (SSSR count). The summed E-state index contributed by atoms with van der Waals surface area (Å²) in [6, 6.07) is 3.93. The molecular weight excluding hydrogens is 428 g/mol. The van der Waals surface area contributed by atoms with Crippen molar-refractivity contribution in [2.75, 3.05) is 24.6 Å². The molecular formula is C23H31ClN6O2. The van der Waals surface area contributed by atoms with Crippen LogP contribution in [-0.2, 0) is 11.3 Å². The number of fused-ring (bicyclic) bond motifs is 1. The van der Waals surface area contributed by atoms with Crippen LogP contribution in [-0.4, -0.2) is 57.1 Å². The first-order valence-electron chi connectivity index (χ1n) is 10.7. The van der Waals surface area contributed by atoms with E-state index in [0.717, 1.165) is 53.9 Å². The van der Waals surface area contributed by atoms with E-state index >= 15 is 0 Å². The summed E-state index contributed by atoms with van der Waals surface area (Å²) >= 11 is 6.63. The van der Waals surface area contributed by atoms with E-state index in [1.165, 1.54) is 0 Å². The van der Waals surface area contributed by atoms with E-state index in [2.05, 4.69) is 22.0 Å². The van der Waals surface area contributed by atoms with Crippen molar-refractivity contribution >= 4 is 28.3 Å². The van der Waals surface area contributed by atoms with Crippen molar-refractivity contribution in [1.29, 1.82) is 0 Å². The minimum atomic E-state index is -0.194. The fourth-order valence-electron chi connectivity index (χ4n) is 4.95. The third-order valence-electron chi connectivity index (χ3n) is 6.99. The lowest BCUT2D eigenvalue weighted by molar-refractivity contribution is 0.0973. The Morgan fingerprint density at radius 3 is 2.72 bits per heavy atom. The molecule has 2 fully saturated rings. The molecule has 0 amide bonds. The van der Waals surface area contributed by atoms with Crippen LogP contribution in [0, 0.1) is 12.3 Å². The molecule has 4 N–H and O–H groups in total. The number of nitrogens with zero attached hydrogens (tertiary/aromatic N) is 4. The molecule has 172 valence electrons. The second-order valence-corrected chi connectivity index (χ2v) is 9.12. The monoisotopic (exact) mass is 458 g/mol. The Balaban J connectivity index is 0.00000245. The van der Waals surface area contributed by atoms with E-state index in [9.17, 15) is 5.11 Å². The van der Waals surface area contributed by atoms with Crippen molar-refractivity contribution < 1.29 is 9.84 Å². The fraction of sp³-hybridized carbons (Fsp3) is 0.522. The first-order valence-corrected chi connectivity index (χ1v) is 11.0. The number of aromatic nitrogens is 4. The maximum Gasteiger partial charge on any atom is 0.153 e. The fourth-order valence-corrected chi connectivity index (χ4v) is 5.26. The average molecular weight is 459 g/mol. The van der Waals surface area contributed by atoms with Crippen molar-refractivity contribution in [1.82, 2.24) is 20.2 Å². The van der Waals surface area contributed by atoms with Crippen molar-refractivity contribution in [2.45, 2.75) is 52.9 Å². The lowest BCUT2D eigenvalue weighted by Crippen LogP contribution is -2.51. The molecule has 1 spiro atoms. The number of H-pyrrole nitrogens is 1. The lowest BCUT2D eigenvalue weighted by atomic mass is 9.73. The first kappa shape index (κ1) is 22.9. The Morgan fingerprint density at radius 1 is 1.31 bits per heavy atom. The van der Waals surface area contributed by atoms with Gasteiger partial charge < -0.3 is 20.5 Å². The summed E-state index contributed by atoms with van der Waals surface area (Å²) in [5.41, 5.74) is 10.0. The molecule has 0 aliphatic carbocycles. The molecule has 4 heterocycles. The highest BCUT2D eigenvalue weighted by atomic mass is 35.5. The summed E-state index contributed by atoms with van der Waals surface area (Å²) in [6.45, 7) is 6.12. The van der Waals surface area contributed by atoms with E-state index in [-0.39, 0.29) is 31.6 Å². The van der Waals surface area contributed by atoms with E-state index in [1.807, 2.05) is 19.1 Å². The molecule has 2 atom stereocenters. The van der Waals surface area contributed by atoms with Crippen molar-refractivity contribution in [2.24, 2.45) is 11.1 Å². The molecule has 9 heteroatoms. The minimum absolute atomic E-state index is 0. The SMILES string of the molecule is C.Cc1nc(N2CCC3(CC2)CO[C@@H](C)[C@H]3N)c(CO)nc1-c1ccc2cn[nH]c2c1Cl. The zero-order valence-electron chi connectivity index (χ0n) is 17.7. The van der Waals surface area contributed by atoms with Gasteiger partial charge >= 0.3 is 0 Å². The number of benzene rings is 1. The minimum Gasteiger partial charge on any atom is -0.390 e. The first-order chi connectivity index (χ1) is 14.9. The number of nitrogens with two attached hydrogens (primary N) is 1. The highest BCUT2D eigenvalue weighted by Gasteiger charge is 2.47. The summed E-state index contributed by atoms with van der Waals surface area (Å²) in [7, 11) is 0. The zero-order chi connectivity index (χ0) is 21.8. The van der Waals surface area contributed by atoms with Gasteiger partial charge in [0.05, 0.1) is 47.4 Å². The number of aliphatic hydroxyl groups is 1. The number of aliphatic hydroxyl groups excluding tert-OH is 1. The van der Waals surface area contributed by atoms with Crippen LogP contribution in [0.1, 0.15) is 38.6 Å². The van der Waals surface area contributed by atoms with Gasteiger partial charge in [-0.25, -0.2) is 9.97 Å². The van der Waals surface area contributed by atoms with Gasteiger partial charge in [0.2, 0.25) is 0 Å². The van der Waals surface area contributed by atoms with Gasteiger partial charge in [-0.2, -0.15) is 5.10 Å². The van der Waals surface area contributed by atoms with Crippen molar-refractivity contribution in [3.05, 3.63) is 34.7 Å². The van der Waals surface area contributed by atoms with E-state index in [4.69, 9.17) is 32.0 Å². The standard InChI is InChI=1S/C22H27ClN6O2.CH4/c1-12-18(15-4-3-14-9-25-28-19(14)17(15)23)27-16(10-30)21(26-12)29-7-5-22(6-8-29)11-31-13(2)20(22)24;/h3-4,9,13,20,30H,5-8,10-11,24H2,1-2H3,(H,25,28);1H4/t13-,20+;/m0./s1. The molecule has 2 saturated heterocycles. The number of piperidine rings is 1. The van der Waals surface area contributed by atoms with Gasteiger partial charge in [-0.15, -0.1) is 0 Å². The quantitative estimate of drug-likeness (QED) is 0.550. The number of aromatic amines is 1. The Bertz CT molecular complexity index is 1130. The average Bonchev–Trinajstić information content (AvgIpc) is 3.37. The number of anilines is 1. The highest BCUT2D eigenvalue weighted by Crippen LogP contribution is 2.42. The molecule has 0 radical (unpaired) electrons. The van der Waals surface area contributed by atoms with Crippen LogP contribution in [0.4, 0.5) is 5.82 Å². The number of nitrogens with one attached hydrogen (secondary N) is 1. The predicted molar refractivity (Wildman–Crippen MR) is 127 cm³/mol. The number of hydrogen-bond acceptors (Lipinski definition) is 7. The predicted octanol–water partition coefficient (Wildman–Crippen LogP) is 3.44. The van der Waals surface area contributed by atoms with Crippen molar-refractivity contribution in [3.8, 4) is 11.3 Å². The third-order valence-corrected chi connectivity index (χ3v) is 7.38. The zero-order valence-corrected chi connectivity index (χ0v) is 18.5. The maximum absolute atomic E-state index is 10.1.